The van der Waals surface area contributed by atoms with E-state index in [1.54, 1.807) is 13.2 Å². The molecule has 0 aliphatic carbocycles. The van der Waals surface area contributed by atoms with Crippen LogP contribution in [-0.4, -0.2) is 17.3 Å². The van der Waals surface area contributed by atoms with E-state index >= 15 is 0 Å². The van der Waals surface area contributed by atoms with Crippen LogP contribution in [-0.2, 0) is 0 Å². The first-order valence-corrected chi connectivity index (χ1v) is 7.39. The van der Waals surface area contributed by atoms with Gasteiger partial charge in [0.15, 0.2) is 6.33 Å². The van der Waals surface area contributed by atoms with E-state index in [1.165, 1.54) is 6.33 Å². The zero-order chi connectivity index (χ0) is 16.2. The second kappa shape index (κ2) is 6.71. The molecular formula is C17H15ClN2O3. The molecule has 0 amide bonds. The maximum absolute atomic E-state index is 6.29. The number of benzene rings is 2. The average Bonchev–Trinajstić information content (AvgIpc) is 3.08. The van der Waals surface area contributed by atoms with Crippen molar-refractivity contribution in [1.29, 1.82) is 0 Å². The van der Waals surface area contributed by atoms with Crippen LogP contribution in [0.2, 0.25) is 5.02 Å². The highest BCUT2D eigenvalue weighted by atomic mass is 35.5. The topological polar surface area (TPSA) is 57.4 Å². The Kier molecular flexibility index (Phi) is 4.48. The van der Waals surface area contributed by atoms with Crippen molar-refractivity contribution in [1.82, 2.24) is 10.1 Å². The maximum atomic E-state index is 6.29. The van der Waals surface area contributed by atoms with Gasteiger partial charge in [-0.25, -0.2) is 0 Å². The highest BCUT2D eigenvalue weighted by Crippen LogP contribution is 2.33. The van der Waals surface area contributed by atoms with Crippen molar-refractivity contribution in [2.45, 2.75) is 13.0 Å². The zero-order valence-electron chi connectivity index (χ0n) is 12.7. The van der Waals surface area contributed by atoms with E-state index in [0.29, 0.717) is 16.7 Å². The van der Waals surface area contributed by atoms with E-state index < -0.39 is 6.10 Å². The van der Waals surface area contributed by atoms with Gasteiger partial charge in [-0.2, -0.15) is 4.98 Å². The monoisotopic (exact) mass is 330 g/mol. The number of hydrogen-bond acceptors (Lipinski definition) is 5. The number of halogens is 1. The molecule has 0 saturated heterocycles. The quantitative estimate of drug-likeness (QED) is 0.701. The van der Waals surface area contributed by atoms with E-state index in [-0.39, 0.29) is 0 Å². The normalized spacial score (nSPS) is 12.0. The summed E-state index contributed by atoms with van der Waals surface area (Å²) in [5.74, 6) is 1.79. The van der Waals surface area contributed by atoms with Gasteiger partial charge in [-0.05, 0) is 36.8 Å². The molecule has 23 heavy (non-hydrogen) atoms. The predicted octanol–water partition coefficient (Wildman–Crippen LogP) is 4.21. The van der Waals surface area contributed by atoms with Crippen molar-refractivity contribution < 1.29 is 14.0 Å². The highest BCUT2D eigenvalue weighted by molar-refractivity contribution is 6.31. The molecule has 0 fully saturated rings. The van der Waals surface area contributed by atoms with Gasteiger partial charge in [0.05, 0.1) is 7.11 Å². The summed E-state index contributed by atoms with van der Waals surface area (Å²) >= 11 is 6.29. The summed E-state index contributed by atoms with van der Waals surface area (Å²) in [6, 6.07) is 13.0. The Morgan fingerprint density at radius 3 is 2.65 bits per heavy atom. The Morgan fingerprint density at radius 1 is 1.17 bits per heavy atom. The molecule has 1 unspecified atom stereocenters. The lowest BCUT2D eigenvalue weighted by Gasteiger charge is -2.18. The maximum Gasteiger partial charge on any atom is 0.272 e. The van der Waals surface area contributed by atoms with Gasteiger partial charge in [0, 0.05) is 10.6 Å². The summed E-state index contributed by atoms with van der Waals surface area (Å²) in [4.78, 5) is 4.10. The second-order valence-electron chi connectivity index (χ2n) is 4.93. The smallest absolute Gasteiger partial charge is 0.272 e. The number of ether oxygens (including phenoxy) is 2. The number of rotatable bonds is 5. The van der Waals surface area contributed by atoms with Gasteiger partial charge in [-0.3, -0.25) is 0 Å². The molecule has 118 valence electrons. The molecule has 1 aromatic heterocycles. The number of methoxy groups -OCH3 is 1. The molecule has 0 aliphatic rings. The van der Waals surface area contributed by atoms with E-state index in [1.807, 2.05) is 43.3 Å². The van der Waals surface area contributed by atoms with Gasteiger partial charge >= 0.3 is 0 Å². The van der Waals surface area contributed by atoms with Crippen molar-refractivity contribution in [2.75, 3.05) is 7.11 Å². The molecule has 1 atom stereocenters. The first-order chi connectivity index (χ1) is 11.2. The summed E-state index contributed by atoms with van der Waals surface area (Å²) in [6.07, 6.45) is 0.751. The van der Waals surface area contributed by atoms with Crippen LogP contribution in [0.1, 0.15) is 23.1 Å². The van der Waals surface area contributed by atoms with Crippen molar-refractivity contribution in [3.05, 3.63) is 70.8 Å². The van der Waals surface area contributed by atoms with Crippen molar-refractivity contribution in [2.24, 2.45) is 0 Å². The van der Waals surface area contributed by atoms with Crippen molar-refractivity contribution in [3.63, 3.8) is 0 Å². The van der Waals surface area contributed by atoms with E-state index in [4.69, 9.17) is 25.6 Å². The molecule has 0 radical (unpaired) electrons. The third-order valence-electron chi connectivity index (χ3n) is 3.41. The Bertz CT molecular complexity index is 790. The third kappa shape index (κ3) is 3.29. The molecule has 3 rings (SSSR count). The summed E-state index contributed by atoms with van der Waals surface area (Å²) in [6.45, 7) is 1.95. The summed E-state index contributed by atoms with van der Waals surface area (Å²) < 4.78 is 16.5. The number of aromatic nitrogens is 2. The second-order valence-corrected chi connectivity index (χ2v) is 5.34. The Balaban J connectivity index is 1.97. The minimum Gasteiger partial charge on any atom is -0.496 e. The lowest BCUT2D eigenvalue weighted by atomic mass is 10.1. The van der Waals surface area contributed by atoms with Crippen LogP contribution >= 0.6 is 11.6 Å². The molecular weight excluding hydrogens is 316 g/mol. The minimum atomic E-state index is -0.584. The standard InChI is InChI=1S/C17H15ClN2O3/c1-11-9-12(7-8-15(11)21-2)22-16(17-19-10-20-23-17)13-5-3-4-6-14(13)18/h3-10,16H,1-2H3. The molecule has 2 aromatic carbocycles. The first kappa shape index (κ1) is 15.4. The molecule has 1 heterocycles. The lowest BCUT2D eigenvalue weighted by Crippen LogP contribution is -2.10. The molecule has 0 saturated carbocycles. The predicted molar refractivity (Wildman–Crippen MR) is 86.0 cm³/mol. The number of nitrogens with zero attached hydrogens (tertiary/aromatic N) is 2. The Morgan fingerprint density at radius 2 is 2.00 bits per heavy atom. The molecule has 0 bridgehead atoms. The fourth-order valence-electron chi connectivity index (χ4n) is 2.29. The van der Waals surface area contributed by atoms with Crippen LogP contribution in [0.4, 0.5) is 0 Å². The van der Waals surface area contributed by atoms with E-state index in [9.17, 15) is 0 Å². The van der Waals surface area contributed by atoms with Crippen molar-refractivity contribution in [3.8, 4) is 11.5 Å². The van der Waals surface area contributed by atoms with Crippen LogP contribution < -0.4 is 9.47 Å². The van der Waals surface area contributed by atoms with Gasteiger partial charge in [0.2, 0.25) is 6.10 Å². The highest BCUT2D eigenvalue weighted by Gasteiger charge is 2.24. The number of hydrogen-bond donors (Lipinski definition) is 0. The fraction of sp³-hybridized carbons (Fsp3) is 0.176. The molecule has 5 nitrogen and oxygen atoms in total. The van der Waals surface area contributed by atoms with Gasteiger partial charge in [-0.15, -0.1) is 0 Å². The average molecular weight is 331 g/mol. The molecule has 0 N–H and O–H groups in total. The van der Waals surface area contributed by atoms with Crippen LogP contribution in [0.15, 0.2) is 53.3 Å². The largest absolute Gasteiger partial charge is 0.496 e. The van der Waals surface area contributed by atoms with Crippen molar-refractivity contribution >= 4 is 11.6 Å². The van der Waals surface area contributed by atoms with E-state index in [2.05, 4.69) is 10.1 Å². The van der Waals surface area contributed by atoms with E-state index in [0.717, 1.165) is 16.9 Å². The molecule has 0 aliphatic heterocycles. The van der Waals surface area contributed by atoms with Gasteiger partial charge in [0.1, 0.15) is 11.5 Å². The van der Waals surface area contributed by atoms with Gasteiger partial charge in [0.25, 0.3) is 5.89 Å². The Hall–Kier alpha value is -2.53. The first-order valence-electron chi connectivity index (χ1n) is 7.01. The Labute approximate surface area is 138 Å². The van der Waals surface area contributed by atoms with Crippen LogP contribution in [0.3, 0.4) is 0 Å². The lowest BCUT2D eigenvalue weighted by molar-refractivity contribution is 0.193. The molecule has 0 spiro atoms. The van der Waals surface area contributed by atoms with Gasteiger partial charge in [-0.1, -0.05) is 35.0 Å². The summed E-state index contributed by atoms with van der Waals surface area (Å²) in [5.41, 5.74) is 1.72. The summed E-state index contributed by atoms with van der Waals surface area (Å²) in [7, 11) is 1.63. The zero-order valence-corrected chi connectivity index (χ0v) is 13.4. The SMILES string of the molecule is COc1ccc(OC(c2ncno2)c2ccccc2Cl)cc1C. The molecule has 6 heteroatoms. The van der Waals surface area contributed by atoms with Crippen LogP contribution in [0, 0.1) is 6.92 Å². The fourth-order valence-corrected chi connectivity index (χ4v) is 2.53. The molecule has 3 aromatic rings. The van der Waals surface area contributed by atoms with Crippen LogP contribution in [0.5, 0.6) is 11.5 Å². The van der Waals surface area contributed by atoms with Gasteiger partial charge < -0.3 is 14.0 Å². The number of aryl methyl sites for hydroxylation is 1. The minimum absolute atomic E-state index is 0.339. The summed E-state index contributed by atoms with van der Waals surface area (Å²) in [5, 5.41) is 4.23. The van der Waals surface area contributed by atoms with Crippen LogP contribution in [0.25, 0.3) is 0 Å². The third-order valence-corrected chi connectivity index (χ3v) is 3.75.